The van der Waals surface area contributed by atoms with E-state index in [-0.39, 0.29) is 16.8 Å². The van der Waals surface area contributed by atoms with Gasteiger partial charge in [0.15, 0.2) is 5.43 Å². The van der Waals surface area contributed by atoms with Gasteiger partial charge in [-0.1, -0.05) is 30.3 Å². The molecule has 0 spiro atoms. The number of nitrogen functional groups attached to an aromatic ring is 1. The average Bonchev–Trinajstić information content (AvgIpc) is 2.74. The molecule has 0 radical (unpaired) electrons. The smallest absolute Gasteiger partial charge is 0.197 e. The van der Waals surface area contributed by atoms with E-state index >= 15 is 0 Å². The van der Waals surface area contributed by atoms with Gasteiger partial charge in [0.25, 0.3) is 0 Å². The predicted octanol–water partition coefficient (Wildman–Crippen LogP) is 3.23. The number of nitrogens with one attached hydrogen (secondary N) is 2. The van der Waals surface area contributed by atoms with Crippen molar-refractivity contribution in [3.8, 4) is 17.2 Å². The fourth-order valence-corrected chi connectivity index (χ4v) is 3.36. The number of H-pyrrole nitrogens is 1. The lowest BCUT2D eigenvalue weighted by atomic mass is 9.99. The molecule has 0 aliphatic heterocycles. The van der Waals surface area contributed by atoms with Crippen molar-refractivity contribution in [3.63, 3.8) is 0 Å². The summed E-state index contributed by atoms with van der Waals surface area (Å²) in [6.07, 6.45) is 1.68. The molecule has 8 heteroatoms. The zero-order valence-electron chi connectivity index (χ0n) is 15.8. The van der Waals surface area contributed by atoms with Crippen LogP contribution < -0.4 is 16.5 Å². The summed E-state index contributed by atoms with van der Waals surface area (Å²) in [5, 5.41) is 12.7. The van der Waals surface area contributed by atoms with E-state index < -0.39 is 5.82 Å². The Morgan fingerprint density at radius 3 is 2.73 bits per heavy atom. The molecule has 7 nitrogen and oxygen atoms in total. The summed E-state index contributed by atoms with van der Waals surface area (Å²) >= 11 is 0. The number of benzene rings is 2. The van der Waals surface area contributed by atoms with Crippen LogP contribution in [0.4, 0.5) is 16.0 Å². The van der Waals surface area contributed by atoms with Gasteiger partial charge in [0.2, 0.25) is 0 Å². The van der Waals surface area contributed by atoms with E-state index in [1.165, 1.54) is 24.5 Å². The van der Waals surface area contributed by atoms with Crippen LogP contribution in [0.25, 0.3) is 22.0 Å². The van der Waals surface area contributed by atoms with Crippen molar-refractivity contribution in [2.45, 2.75) is 6.42 Å². The van der Waals surface area contributed by atoms with Gasteiger partial charge in [-0.15, -0.1) is 0 Å². The lowest BCUT2D eigenvalue weighted by molar-refractivity contribution is 0.629. The summed E-state index contributed by atoms with van der Waals surface area (Å²) < 4.78 is 13.7. The highest BCUT2D eigenvalue weighted by molar-refractivity contribution is 5.84. The first-order valence-corrected chi connectivity index (χ1v) is 9.22. The third-order valence-corrected chi connectivity index (χ3v) is 4.76. The van der Waals surface area contributed by atoms with Crippen molar-refractivity contribution in [2.24, 2.45) is 0 Å². The molecular formula is C22H17FN6O. The van der Waals surface area contributed by atoms with Gasteiger partial charge in [-0.2, -0.15) is 5.26 Å². The first-order valence-electron chi connectivity index (χ1n) is 9.22. The first-order chi connectivity index (χ1) is 14.6. The van der Waals surface area contributed by atoms with Gasteiger partial charge in [0.05, 0.1) is 5.52 Å². The molecule has 0 unspecified atom stereocenters. The Morgan fingerprint density at radius 2 is 1.97 bits per heavy atom. The minimum atomic E-state index is -0.426. The molecule has 0 aliphatic carbocycles. The second kappa shape index (κ2) is 8.01. The van der Waals surface area contributed by atoms with Crippen molar-refractivity contribution in [1.29, 1.82) is 5.26 Å². The molecule has 0 saturated heterocycles. The van der Waals surface area contributed by atoms with E-state index in [4.69, 9.17) is 5.73 Å². The van der Waals surface area contributed by atoms with Crippen LogP contribution in [0.5, 0.6) is 0 Å². The second-order valence-electron chi connectivity index (χ2n) is 6.63. The van der Waals surface area contributed by atoms with Gasteiger partial charge >= 0.3 is 0 Å². The Kier molecular flexibility index (Phi) is 5.09. The van der Waals surface area contributed by atoms with Crippen LogP contribution in [0.3, 0.4) is 0 Å². The lowest BCUT2D eigenvalue weighted by Gasteiger charge is -2.13. The number of anilines is 2. The van der Waals surface area contributed by atoms with Crippen molar-refractivity contribution in [2.75, 3.05) is 17.6 Å². The van der Waals surface area contributed by atoms with E-state index in [9.17, 15) is 14.4 Å². The molecular weight excluding hydrogens is 383 g/mol. The van der Waals surface area contributed by atoms with Crippen LogP contribution in [-0.4, -0.2) is 21.5 Å². The summed E-state index contributed by atoms with van der Waals surface area (Å²) in [4.78, 5) is 24.3. The van der Waals surface area contributed by atoms with Gasteiger partial charge < -0.3 is 16.0 Å². The summed E-state index contributed by atoms with van der Waals surface area (Å²) in [7, 11) is 0. The predicted molar refractivity (Wildman–Crippen MR) is 113 cm³/mol. The Balaban J connectivity index is 1.74. The summed E-state index contributed by atoms with van der Waals surface area (Å²) in [6.45, 7) is 0.363. The van der Waals surface area contributed by atoms with E-state index in [0.717, 1.165) is 5.56 Å². The summed E-state index contributed by atoms with van der Waals surface area (Å²) in [5.41, 5.74) is 8.08. The molecule has 0 bridgehead atoms. The quantitative estimate of drug-likeness (QED) is 0.473. The summed E-state index contributed by atoms with van der Waals surface area (Å²) in [6, 6.07) is 15.3. The molecule has 4 aromatic rings. The standard InChI is InChI=1S/C22H17FN6O/c23-14-6-7-15-18(10-14)29-17(19(20(15)30)13-4-2-1-3-5-13)8-9-26-22-16(11-24)21(25)27-12-28-22/h1-7,10,12H,8-9H2,(H,29,30)(H3,25,26,27,28). The monoisotopic (exact) mass is 400 g/mol. The number of nitrogens with zero attached hydrogens (tertiary/aromatic N) is 3. The van der Waals surface area contributed by atoms with E-state index in [0.29, 0.717) is 40.9 Å². The van der Waals surface area contributed by atoms with Crippen LogP contribution in [0.2, 0.25) is 0 Å². The molecule has 4 N–H and O–H groups in total. The zero-order valence-corrected chi connectivity index (χ0v) is 15.8. The van der Waals surface area contributed by atoms with E-state index in [2.05, 4.69) is 20.3 Å². The number of halogens is 1. The maximum Gasteiger partial charge on any atom is 0.197 e. The first kappa shape index (κ1) is 19.1. The highest BCUT2D eigenvalue weighted by Crippen LogP contribution is 2.23. The Morgan fingerprint density at radius 1 is 1.17 bits per heavy atom. The molecule has 0 amide bonds. The average molecular weight is 400 g/mol. The van der Waals surface area contributed by atoms with Gasteiger partial charge in [-0.3, -0.25) is 4.79 Å². The van der Waals surface area contributed by atoms with Crippen molar-refractivity contribution >= 4 is 22.5 Å². The Hall–Kier alpha value is -4.25. The van der Waals surface area contributed by atoms with Gasteiger partial charge in [0, 0.05) is 29.6 Å². The number of nitrogens with two attached hydrogens (primary N) is 1. The van der Waals surface area contributed by atoms with Crippen LogP contribution in [0.15, 0.2) is 59.7 Å². The van der Waals surface area contributed by atoms with Crippen molar-refractivity contribution in [3.05, 3.63) is 82.2 Å². The number of rotatable bonds is 5. The number of nitriles is 1. The molecule has 4 rings (SSSR count). The third-order valence-electron chi connectivity index (χ3n) is 4.76. The third kappa shape index (κ3) is 3.56. The maximum atomic E-state index is 13.7. The molecule has 2 aromatic heterocycles. The van der Waals surface area contributed by atoms with E-state index in [1.807, 2.05) is 36.4 Å². The number of hydrogen-bond donors (Lipinski definition) is 3. The highest BCUT2D eigenvalue weighted by Gasteiger charge is 2.15. The fourth-order valence-electron chi connectivity index (χ4n) is 3.36. The molecule has 30 heavy (non-hydrogen) atoms. The number of hydrogen-bond acceptors (Lipinski definition) is 6. The Bertz CT molecular complexity index is 1330. The van der Waals surface area contributed by atoms with Gasteiger partial charge in [-0.05, 0) is 23.8 Å². The zero-order chi connectivity index (χ0) is 21.1. The van der Waals surface area contributed by atoms with Crippen LogP contribution in [0.1, 0.15) is 11.3 Å². The second-order valence-corrected chi connectivity index (χ2v) is 6.63. The SMILES string of the molecule is N#Cc1c(N)ncnc1NCCc1[nH]c2cc(F)ccc2c(=O)c1-c1ccccc1. The number of aromatic nitrogens is 3. The highest BCUT2D eigenvalue weighted by atomic mass is 19.1. The molecule has 2 aromatic carbocycles. The molecule has 0 fully saturated rings. The number of pyridine rings is 1. The van der Waals surface area contributed by atoms with E-state index in [1.54, 1.807) is 0 Å². The van der Waals surface area contributed by atoms with Crippen LogP contribution >= 0.6 is 0 Å². The van der Waals surface area contributed by atoms with Crippen LogP contribution in [0, 0.1) is 17.1 Å². The normalized spacial score (nSPS) is 10.7. The molecule has 2 heterocycles. The molecule has 0 aliphatic rings. The molecule has 148 valence electrons. The lowest BCUT2D eigenvalue weighted by Crippen LogP contribution is -2.16. The minimum absolute atomic E-state index is 0.0922. The summed E-state index contributed by atoms with van der Waals surface area (Å²) in [5.74, 6) is -0.0141. The number of aromatic amines is 1. The van der Waals surface area contributed by atoms with Crippen molar-refractivity contribution < 1.29 is 4.39 Å². The fraction of sp³-hybridized carbons (Fsp3) is 0.0909. The largest absolute Gasteiger partial charge is 0.382 e. The van der Waals surface area contributed by atoms with Crippen LogP contribution in [-0.2, 0) is 6.42 Å². The topological polar surface area (TPSA) is 120 Å². The van der Waals surface area contributed by atoms with Crippen molar-refractivity contribution in [1.82, 2.24) is 15.0 Å². The minimum Gasteiger partial charge on any atom is -0.382 e. The maximum absolute atomic E-state index is 13.7. The molecule has 0 atom stereocenters. The van der Waals surface area contributed by atoms with Gasteiger partial charge in [-0.25, -0.2) is 14.4 Å². The molecule has 0 saturated carbocycles. The number of fused-ring (bicyclic) bond motifs is 1. The Labute approximate surface area is 171 Å². The van der Waals surface area contributed by atoms with Gasteiger partial charge in [0.1, 0.15) is 35.4 Å².